The molecule has 1 aromatic carbocycles. The molecule has 2 rings (SSSR count). The molecule has 94 valence electrons. The first kappa shape index (κ1) is 12.3. The number of hydrogen-bond donors (Lipinski definition) is 3. The van der Waals surface area contributed by atoms with E-state index < -0.39 is 32.0 Å². The predicted molar refractivity (Wildman–Crippen MR) is 61.3 cm³/mol. The lowest BCUT2D eigenvalue weighted by Gasteiger charge is -2.04. The first-order valence-electron chi connectivity index (χ1n) is 4.67. The van der Waals surface area contributed by atoms with Crippen LogP contribution in [-0.2, 0) is 10.1 Å². The highest BCUT2D eigenvalue weighted by Gasteiger charge is 2.18. The Kier molecular flexibility index (Phi) is 2.68. The van der Waals surface area contributed by atoms with Gasteiger partial charge in [0.1, 0.15) is 10.5 Å². The maximum Gasteiger partial charge on any atom is 0.341 e. The van der Waals surface area contributed by atoms with Gasteiger partial charge in [0.05, 0.1) is 5.52 Å². The minimum absolute atomic E-state index is 0.120. The third-order valence-electron chi connectivity index (χ3n) is 2.38. The van der Waals surface area contributed by atoms with Crippen molar-refractivity contribution in [2.75, 3.05) is 0 Å². The van der Waals surface area contributed by atoms with Crippen molar-refractivity contribution in [3.8, 4) is 0 Å². The molecule has 0 saturated carbocycles. The van der Waals surface area contributed by atoms with Crippen molar-refractivity contribution >= 4 is 27.0 Å². The van der Waals surface area contributed by atoms with E-state index in [9.17, 15) is 18.0 Å². The maximum atomic E-state index is 11.8. The number of aromatic nitrogens is 1. The van der Waals surface area contributed by atoms with Crippen LogP contribution >= 0.6 is 0 Å². The standard InChI is InChI=1S/C10H7NO6S/c12-9-5-2-1-3-7(18(15,16)17)8(5)11-4-6(9)10(13)14/h1-4H,(H,11,12)(H,13,14)(H,15,16,17). The van der Waals surface area contributed by atoms with Crippen molar-refractivity contribution in [3.63, 3.8) is 0 Å². The van der Waals surface area contributed by atoms with Gasteiger partial charge in [0.25, 0.3) is 10.1 Å². The van der Waals surface area contributed by atoms with Gasteiger partial charge in [0.2, 0.25) is 5.43 Å². The van der Waals surface area contributed by atoms with Crippen molar-refractivity contribution in [1.29, 1.82) is 0 Å². The van der Waals surface area contributed by atoms with E-state index in [1.807, 2.05) is 0 Å². The van der Waals surface area contributed by atoms with E-state index >= 15 is 0 Å². The van der Waals surface area contributed by atoms with Crippen molar-refractivity contribution in [2.45, 2.75) is 4.90 Å². The summed E-state index contributed by atoms with van der Waals surface area (Å²) in [5.74, 6) is -1.42. The molecule has 2 aromatic rings. The number of fused-ring (bicyclic) bond motifs is 1. The number of rotatable bonds is 2. The zero-order valence-corrected chi connectivity index (χ0v) is 9.56. The van der Waals surface area contributed by atoms with Gasteiger partial charge < -0.3 is 10.1 Å². The Morgan fingerprint density at radius 1 is 1.28 bits per heavy atom. The van der Waals surface area contributed by atoms with Crippen LogP contribution in [0.4, 0.5) is 0 Å². The van der Waals surface area contributed by atoms with Crippen LogP contribution in [0, 0.1) is 0 Å². The molecule has 0 amide bonds. The Bertz CT molecular complexity index is 805. The zero-order chi connectivity index (χ0) is 13.5. The van der Waals surface area contributed by atoms with E-state index in [0.717, 1.165) is 12.3 Å². The molecule has 0 atom stereocenters. The van der Waals surface area contributed by atoms with Gasteiger partial charge in [-0.25, -0.2) is 4.79 Å². The highest BCUT2D eigenvalue weighted by atomic mass is 32.2. The van der Waals surface area contributed by atoms with E-state index in [1.54, 1.807) is 0 Å². The van der Waals surface area contributed by atoms with Gasteiger partial charge in [0.15, 0.2) is 0 Å². The average Bonchev–Trinajstić information content (AvgIpc) is 2.27. The maximum absolute atomic E-state index is 11.8. The molecule has 0 aliphatic heterocycles. The van der Waals surface area contributed by atoms with Crippen molar-refractivity contribution in [3.05, 3.63) is 40.2 Å². The Morgan fingerprint density at radius 3 is 2.50 bits per heavy atom. The number of hydrogen-bond acceptors (Lipinski definition) is 4. The Hall–Kier alpha value is -2.19. The second-order valence-corrected chi connectivity index (χ2v) is 4.88. The zero-order valence-electron chi connectivity index (χ0n) is 8.75. The highest BCUT2D eigenvalue weighted by Crippen LogP contribution is 2.18. The van der Waals surface area contributed by atoms with Gasteiger partial charge in [0, 0.05) is 11.6 Å². The second-order valence-electron chi connectivity index (χ2n) is 3.49. The normalized spacial score (nSPS) is 11.6. The Balaban J connectivity index is 2.97. The van der Waals surface area contributed by atoms with Crippen molar-refractivity contribution < 1.29 is 22.9 Å². The van der Waals surface area contributed by atoms with Gasteiger partial charge in [-0.05, 0) is 12.1 Å². The quantitative estimate of drug-likeness (QED) is 0.681. The number of benzene rings is 1. The minimum Gasteiger partial charge on any atom is -0.477 e. The van der Waals surface area contributed by atoms with E-state index in [0.29, 0.717) is 0 Å². The third-order valence-corrected chi connectivity index (χ3v) is 3.28. The van der Waals surface area contributed by atoms with Crippen LogP contribution in [0.5, 0.6) is 0 Å². The molecular formula is C10H7NO6S. The van der Waals surface area contributed by atoms with Crippen LogP contribution in [-0.4, -0.2) is 29.0 Å². The number of pyridine rings is 1. The molecule has 0 saturated heterocycles. The summed E-state index contributed by atoms with van der Waals surface area (Å²) in [6.45, 7) is 0. The summed E-state index contributed by atoms with van der Waals surface area (Å²) in [6.07, 6.45) is 0.891. The fraction of sp³-hybridized carbons (Fsp3) is 0. The first-order chi connectivity index (χ1) is 8.32. The van der Waals surface area contributed by atoms with Gasteiger partial charge in [-0.3, -0.25) is 9.35 Å². The van der Waals surface area contributed by atoms with Crippen LogP contribution in [0.25, 0.3) is 10.9 Å². The topological polar surface area (TPSA) is 125 Å². The molecule has 0 radical (unpaired) electrons. The minimum atomic E-state index is -4.50. The fourth-order valence-electron chi connectivity index (χ4n) is 1.60. The van der Waals surface area contributed by atoms with E-state index in [1.165, 1.54) is 12.1 Å². The van der Waals surface area contributed by atoms with Crippen molar-refractivity contribution in [1.82, 2.24) is 4.98 Å². The van der Waals surface area contributed by atoms with E-state index in [2.05, 4.69) is 4.98 Å². The molecule has 0 aliphatic carbocycles. The predicted octanol–water partition coefficient (Wildman–Crippen LogP) is 0.473. The number of para-hydroxylation sites is 1. The van der Waals surface area contributed by atoms with Gasteiger partial charge in [-0.1, -0.05) is 6.07 Å². The number of aromatic amines is 1. The summed E-state index contributed by atoms with van der Waals surface area (Å²) >= 11 is 0. The summed E-state index contributed by atoms with van der Waals surface area (Å²) in [5.41, 5.74) is -1.45. The molecule has 1 aromatic heterocycles. The molecule has 1 heterocycles. The van der Waals surface area contributed by atoms with E-state index in [-0.39, 0.29) is 10.9 Å². The number of carboxylic acid groups (broad SMARTS) is 1. The van der Waals surface area contributed by atoms with Crippen LogP contribution in [0.3, 0.4) is 0 Å². The van der Waals surface area contributed by atoms with E-state index in [4.69, 9.17) is 9.66 Å². The number of aromatic carboxylic acids is 1. The Labute approximate surface area is 100 Å². The molecule has 18 heavy (non-hydrogen) atoms. The van der Waals surface area contributed by atoms with Gasteiger partial charge >= 0.3 is 5.97 Å². The molecule has 3 N–H and O–H groups in total. The smallest absolute Gasteiger partial charge is 0.341 e. The number of carboxylic acids is 1. The van der Waals surface area contributed by atoms with Crippen molar-refractivity contribution in [2.24, 2.45) is 0 Å². The molecule has 0 bridgehead atoms. The molecule has 0 unspecified atom stereocenters. The largest absolute Gasteiger partial charge is 0.477 e. The summed E-state index contributed by atoms with van der Waals surface area (Å²) in [5, 5.41) is 8.65. The van der Waals surface area contributed by atoms with Crippen LogP contribution < -0.4 is 5.43 Å². The summed E-state index contributed by atoms with van der Waals surface area (Å²) in [4.78, 5) is 24.5. The number of H-pyrrole nitrogens is 1. The number of nitrogens with one attached hydrogen (secondary N) is 1. The first-order valence-corrected chi connectivity index (χ1v) is 6.11. The monoisotopic (exact) mass is 269 g/mol. The fourth-order valence-corrected chi connectivity index (χ4v) is 2.28. The SMILES string of the molecule is O=C(O)c1c[nH]c2c(S(=O)(=O)O)cccc2c1=O. The Morgan fingerprint density at radius 2 is 1.94 bits per heavy atom. The molecule has 0 spiro atoms. The lowest BCUT2D eigenvalue weighted by molar-refractivity contribution is 0.0695. The lowest BCUT2D eigenvalue weighted by atomic mass is 10.1. The van der Waals surface area contributed by atoms with Crippen LogP contribution in [0.2, 0.25) is 0 Å². The third kappa shape index (κ3) is 1.87. The van der Waals surface area contributed by atoms with Crippen LogP contribution in [0.1, 0.15) is 10.4 Å². The average molecular weight is 269 g/mol. The summed E-state index contributed by atoms with van der Waals surface area (Å²) < 4.78 is 31.2. The summed E-state index contributed by atoms with van der Waals surface area (Å²) in [6, 6.07) is 3.62. The second kappa shape index (κ2) is 3.93. The molecule has 0 fully saturated rings. The van der Waals surface area contributed by atoms with Crippen LogP contribution in [0.15, 0.2) is 34.1 Å². The summed E-state index contributed by atoms with van der Waals surface area (Å²) in [7, 11) is -4.50. The molecule has 7 nitrogen and oxygen atoms in total. The van der Waals surface area contributed by atoms with Gasteiger partial charge in [-0.2, -0.15) is 8.42 Å². The molecular weight excluding hydrogens is 262 g/mol. The highest BCUT2D eigenvalue weighted by molar-refractivity contribution is 7.86. The molecule has 8 heteroatoms. The number of carbonyl (C=O) groups is 1. The lowest BCUT2D eigenvalue weighted by Crippen LogP contribution is -2.16. The van der Waals surface area contributed by atoms with Gasteiger partial charge in [-0.15, -0.1) is 0 Å². The molecule has 0 aliphatic rings.